The fourth-order valence-electron chi connectivity index (χ4n) is 2.70. The van der Waals surface area contributed by atoms with Gasteiger partial charge in [0.05, 0.1) is 17.1 Å². The van der Waals surface area contributed by atoms with Crippen molar-refractivity contribution in [1.82, 2.24) is 9.66 Å². The van der Waals surface area contributed by atoms with Gasteiger partial charge in [0.15, 0.2) is 5.82 Å². The highest BCUT2D eigenvalue weighted by atomic mass is 35.5. The molecule has 0 aliphatic heterocycles. The summed E-state index contributed by atoms with van der Waals surface area (Å²) in [6.45, 7) is 0. The summed E-state index contributed by atoms with van der Waals surface area (Å²) in [5, 5.41) is 5.48. The van der Waals surface area contributed by atoms with Crippen LogP contribution in [0.2, 0.25) is 5.02 Å². The Kier molecular flexibility index (Phi) is 4.33. The van der Waals surface area contributed by atoms with Crippen LogP contribution in [0.25, 0.3) is 22.3 Å². The van der Waals surface area contributed by atoms with Crippen LogP contribution < -0.4 is 5.56 Å². The number of aromatic nitrogens is 2. The van der Waals surface area contributed by atoms with Gasteiger partial charge in [-0.05, 0) is 18.2 Å². The van der Waals surface area contributed by atoms with Crippen LogP contribution in [0.3, 0.4) is 0 Å². The Morgan fingerprint density at radius 1 is 0.885 bits per heavy atom. The smallest absolute Gasteiger partial charge is 0.267 e. The average molecular weight is 360 g/mol. The Morgan fingerprint density at radius 2 is 1.58 bits per heavy atom. The summed E-state index contributed by atoms with van der Waals surface area (Å²) in [5.41, 5.74) is 1.96. The summed E-state index contributed by atoms with van der Waals surface area (Å²) >= 11 is 6.19. The van der Waals surface area contributed by atoms with Gasteiger partial charge in [0.1, 0.15) is 0 Å². The molecule has 1 heterocycles. The zero-order valence-electron chi connectivity index (χ0n) is 13.7. The van der Waals surface area contributed by atoms with E-state index in [0.717, 1.165) is 11.1 Å². The van der Waals surface area contributed by atoms with Crippen molar-refractivity contribution < 1.29 is 0 Å². The third-order valence-electron chi connectivity index (χ3n) is 4.00. The lowest BCUT2D eigenvalue weighted by molar-refractivity contribution is 0.830. The van der Waals surface area contributed by atoms with E-state index >= 15 is 0 Å². The van der Waals surface area contributed by atoms with Gasteiger partial charge in [-0.2, -0.15) is 9.78 Å². The van der Waals surface area contributed by atoms with Gasteiger partial charge in [0.2, 0.25) is 0 Å². The average Bonchev–Trinajstić information content (AvgIpc) is 2.69. The monoisotopic (exact) mass is 359 g/mol. The minimum absolute atomic E-state index is 0.224. The van der Waals surface area contributed by atoms with Crippen molar-refractivity contribution in [3.63, 3.8) is 0 Å². The third-order valence-corrected chi connectivity index (χ3v) is 4.35. The topological polar surface area (TPSA) is 47.2 Å². The second-order valence-electron chi connectivity index (χ2n) is 5.70. The molecule has 0 N–H and O–H groups in total. The molecule has 0 bridgehead atoms. The van der Waals surface area contributed by atoms with Crippen LogP contribution in [-0.4, -0.2) is 15.9 Å². The molecule has 4 rings (SSSR count). The number of halogens is 1. The van der Waals surface area contributed by atoms with Gasteiger partial charge in [-0.3, -0.25) is 4.79 Å². The van der Waals surface area contributed by atoms with Crippen molar-refractivity contribution in [3.8, 4) is 11.4 Å². The van der Waals surface area contributed by atoms with E-state index in [0.29, 0.717) is 21.7 Å². The lowest BCUT2D eigenvalue weighted by atomic mass is 10.2. The van der Waals surface area contributed by atoms with Crippen molar-refractivity contribution >= 4 is 28.7 Å². The first-order chi connectivity index (χ1) is 12.7. The summed E-state index contributed by atoms with van der Waals surface area (Å²) in [4.78, 5) is 17.7. The van der Waals surface area contributed by atoms with Crippen LogP contribution in [-0.2, 0) is 0 Å². The Bertz CT molecular complexity index is 1170. The summed E-state index contributed by atoms with van der Waals surface area (Å²) < 4.78 is 1.32. The second kappa shape index (κ2) is 6.94. The lowest BCUT2D eigenvalue weighted by Crippen LogP contribution is -2.20. The van der Waals surface area contributed by atoms with Crippen LogP contribution in [0.1, 0.15) is 5.56 Å². The van der Waals surface area contributed by atoms with E-state index in [1.807, 2.05) is 66.7 Å². The standard InChI is InChI=1S/C21H14ClN3O/c22-18-12-6-4-10-16(18)14-23-25-20(15-8-2-1-3-9-15)24-19-13-7-5-11-17(19)21(25)26/h1-14H. The first-order valence-electron chi connectivity index (χ1n) is 8.10. The van der Waals surface area contributed by atoms with Gasteiger partial charge in [0.25, 0.3) is 5.56 Å². The molecule has 4 nitrogen and oxygen atoms in total. The van der Waals surface area contributed by atoms with E-state index in [-0.39, 0.29) is 5.56 Å². The van der Waals surface area contributed by atoms with Crippen LogP contribution >= 0.6 is 11.6 Å². The fraction of sp³-hybridized carbons (Fsp3) is 0. The number of nitrogens with zero attached hydrogens (tertiary/aromatic N) is 3. The number of hydrogen-bond donors (Lipinski definition) is 0. The van der Waals surface area contributed by atoms with Crippen LogP contribution in [0.5, 0.6) is 0 Å². The van der Waals surface area contributed by atoms with Crippen molar-refractivity contribution in [2.75, 3.05) is 0 Å². The predicted octanol–water partition coefficient (Wildman–Crippen LogP) is 4.60. The molecule has 126 valence electrons. The molecule has 0 aliphatic carbocycles. The first kappa shape index (κ1) is 16.2. The Morgan fingerprint density at radius 3 is 2.38 bits per heavy atom. The van der Waals surface area contributed by atoms with Crippen molar-refractivity contribution in [1.29, 1.82) is 0 Å². The van der Waals surface area contributed by atoms with E-state index in [9.17, 15) is 4.79 Å². The fourth-order valence-corrected chi connectivity index (χ4v) is 2.89. The molecule has 0 radical (unpaired) electrons. The van der Waals surface area contributed by atoms with Crippen LogP contribution in [0, 0.1) is 0 Å². The third kappa shape index (κ3) is 3.03. The van der Waals surface area contributed by atoms with Gasteiger partial charge >= 0.3 is 0 Å². The van der Waals surface area contributed by atoms with Crippen molar-refractivity contribution in [3.05, 3.63) is 99.8 Å². The van der Waals surface area contributed by atoms with E-state index in [4.69, 9.17) is 11.6 Å². The number of fused-ring (bicyclic) bond motifs is 1. The molecule has 0 spiro atoms. The molecule has 0 fully saturated rings. The lowest BCUT2D eigenvalue weighted by Gasteiger charge is -2.09. The normalized spacial score (nSPS) is 11.3. The number of rotatable bonds is 3. The molecule has 5 heteroatoms. The minimum atomic E-state index is -0.224. The maximum Gasteiger partial charge on any atom is 0.282 e. The summed E-state index contributed by atoms with van der Waals surface area (Å²) in [7, 11) is 0. The SMILES string of the molecule is O=c1c2ccccc2nc(-c2ccccc2)n1N=Cc1ccccc1Cl. The van der Waals surface area contributed by atoms with Crippen LogP contribution in [0.4, 0.5) is 0 Å². The van der Waals surface area contributed by atoms with Gasteiger partial charge in [-0.25, -0.2) is 4.98 Å². The van der Waals surface area contributed by atoms with E-state index in [1.165, 1.54) is 4.68 Å². The molecule has 4 aromatic rings. The van der Waals surface area contributed by atoms with Crippen molar-refractivity contribution in [2.24, 2.45) is 5.10 Å². The van der Waals surface area contributed by atoms with Crippen LogP contribution in [0.15, 0.2) is 88.8 Å². The van der Waals surface area contributed by atoms with Gasteiger partial charge < -0.3 is 0 Å². The van der Waals surface area contributed by atoms with Gasteiger partial charge in [-0.15, -0.1) is 0 Å². The number of hydrogen-bond acceptors (Lipinski definition) is 3. The van der Waals surface area contributed by atoms with E-state index in [1.54, 1.807) is 18.3 Å². The summed E-state index contributed by atoms with van der Waals surface area (Å²) in [6, 6.07) is 24.1. The highest BCUT2D eigenvalue weighted by molar-refractivity contribution is 6.33. The maximum absolute atomic E-state index is 13.0. The van der Waals surface area contributed by atoms with E-state index in [2.05, 4.69) is 10.1 Å². The molecule has 1 aromatic heterocycles. The highest BCUT2D eigenvalue weighted by Gasteiger charge is 2.12. The Labute approximate surface area is 155 Å². The number of para-hydroxylation sites is 1. The molecule has 0 saturated heterocycles. The molecular weight excluding hydrogens is 346 g/mol. The van der Waals surface area contributed by atoms with Gasteiger partial charge in [0, 0.05) is 16.1 Å². The molecule has 0 amide bonds. The predicted molar refractivity (Wildman–Crippen MR) is 106 cm³/mol. The molecular formula is C21H14ClN3O. The van der Waals surface area contributed by atoms with Gasteiger partial charge in [-0.1, -0.05) is 72.3 Å². The molecule has 26 heavy (non-hydrogen) atoms. The largest absolute Gasteiger partial charge is 0.282 e. The molecule has 0 saturated carbocycles. The molecule has 0 atom stereocenters. The Hall–Kier alpha value is -3.24. The second-order valence-corrected chi connectivity index (χ2v) is 6.11. The molecule has 0 aliphatic rings. The highest BCUT2D eigenvalue weighted by Crippen LogP contribution is 2.19. The minimum Gasteiger partial charge on any atom is -0.267 e. The number of benzene rings is 3. The molecule has 0 unspecified atom stereocenters. The maximum atomic E-state index is 13.0. The first-order valence-corrected chi connectivity index (χ1v) is 8.48. The zero-order valence-corrected chi connectivity index (χ0v) is 14.5. The zero-order chi connectivity index (χ0) is 17.9. The van der Waals surface area contributed by atoms with Crippen molar-refractivity contribution in [2.45, 2.75) is 0 Å². The van der Waals surface area contributed by atoms with E-state index < -0.39 is 0 Å². The quantitative estimate of drug-likeness (QED) is 0.502. The summed E-state index contributed by atoms with van der Waals surface area (Å²) in [5.74, 6) is 0.484. The molecule has 3 aromatic carbocycles. The summed E-state index contributed by atoms with van der Waals surface area (Å²) in [6.07, 6.45) is 1.58. The Balaban J connectivity index is 1.96.